The van der Waals surface area contributed by atoms with Gasteiger partial charge in [0.05, 0.1) is 25.2 Å². The van der Waals surface area contributed by atoms with E-state index in [1.807, 2.05) is 12.3 Å². The van der Waals surface area contributed by atoms with Crippen molar-refractivity contribution in [1.82, 2.24) is 10.3 Å². The third-order valence-electron chi connectivity index (χ3n) is 2.79. The van der Waals surface area contributed by atoms with E-state index in [9.17, 15) is 9.59 Å². The molecule has 0 radical (unpaired) electrons. The Morgan fingerprint density at radius 1 is 1.23 bits per heavy atom. The lowest BCUT2D eigenvalue weighted by Crippen LogP contribution is -2.43. The molecule has 1 aliphatic heterocycles. The van der Waals surface area contributed by atoms with Gasteiger partial charge in [-0.15, -0.1) is 0 Å². The number of anilines is 1. The average Bonchev–Trinajstić information content (AvgIpc) is 2.54. The summed E-state index contributed by atoms with van der Waals surface area (Å²) in [6.45, 7) is 4.15. The highest BCUT2D eigenvalue weighted by molar-refractivity contribution is 5.89. The van der Waals surface area contributed by atoms with Gasteiger partial charge in [-0.25, -0.2) is 9.59 Å². The van der Waals surface area contributed by atoms with E-state index in [1.54, 1.807) is 13.3 Å². The molecule has 1 fully saturated rings. The molecule has 8 heteroatoms. The number of rotatable bonds is 4. The molecule has 22 heavy (non-hydrogen) atoms. The molecule has 3 N–H and O–H groups in total. The van der Waals surface area contributed by atoms with E-state index in [0.29, 0.717) is 12.2 Å². The van der Waals surface area contributed by atoms with E-state index in [-0.39, 0.29) is 0 Å². The van der Waals surface area contributed by atoms with Crippen LogP contribution in [-0.2, 0) is 9.59 Å². The van der Waals surface area contributed by atoms with Crippen LogP contribution < -0.4 is 15.0 Å². The number of aliphatic carboxylic acids is 2. The molecule has 0 saturated carbocycles. The second kappa shape index (κ2) is 9.35. The van der Waals surface area contributed by atoms with Crippen molar-refractivity contribution in [3.05, 3.63) is 30.6 Å². The van der Waals surface area contributed by atoms with Crippen molar-refractivity contribution in [1.29, 1.82) is 0 Å². The first kappa shape index (κ1) is 17.4. The second-order valence-electron chi connectivity index (χ2n) is 4.33. The van der Waals surface area contributed by atoms with Gasteiger partial charge in [0.25, 0.3) is 0 Å². The second-order valence-corrected chi connectivity index (χ2v) is 4.33. The molecule has 0 unspecified atom stereocenters. The molecule has 8 nitrogen and oxygen atoms in total. The molecule has 1 saturated heterocycles. The lowest BCUT2D eigenvalue weighted by atomic mass is 10.3. The summed E-state index contributed by atoms with van der Waals surface area (Å²) in [6, 6.07) is 2.03. The van der Waals surface area contributed by atoms with Gasteiger partial charge in [-0.1, -0.05) is 0 Å². The fourth-order valence-electron chi connectivity index (χ4n) is 1.76. The maximum absolute atomic E-state index is 9.55. The van der Waals surface area contributed by atoms with Crippen LogP contribution in [0.1, 0.15) is 0 Å². The number of carbonyl (C=O) groups is 2. The standard InChI is InChI=1S/C10H15N3O.C4H4O4/c1-14-10-6-9(7-12-8-10)13-4-2-11-3-5-13;5-3(6)1-2-4(7)8/h6-8,11H,2-5H2,1H3;1-2H,(H,5,6)(H,7,8)/b;2-1+. The summed E-state index contributed by atoms with van der Waals surface area (Å²) in [7, 11) is 1.67. The lowest BCUT2D eigenvalue weighted by molar-refractivity contribution is -0.134. The van der Waals surface area contributed by atoms with E-state index in [1.165, 1.54) is 0 Å². The first-order valence-corrected chi connectivity index (χ1v) is 6.61. The average molecular weight is 309 g/mol. The SMILES string of the molecule is COc1cncc(N2CCNCC2)c1.O=C(O)/C=C/C(=O)O. The van der Waals surface area contributed by atoms with Crippen LogP contribution in [0.25, 0.3) is 0 Å². The minimum atomic E-state index is -1.26. The molecule has 1 aliphatic rings. The molecule has 1 aromatic rings. The zero-order valence-corrected chi connectivity index (χ0v) is 12.2. The fraction of sp³-hybridized carbons (Fsp3) is 0.357. The van der Waals surface area contributed by atoms with Crippen LogP contribution in [0.4, 0.5) is 5.69 Å². The topological polar surface area (TPSA) is 112 Å². The normalized spacial score (nSPS) is 14.1. The third kappa shape index (κ3) is 6.71. The Labute approximate surface area is 128 Å². The molecule has 0 bridgehead atoms. The van der Waals surface area contributed by atoms with E-state index in [4.69, 9.17) is 14.9 Å². The first-order valence-electron chi connectivity index (χ1n) is 6.61. The Bertz CT molecular complexity index is 511. The minimum Gasteiger partial charge on any atom is -0.495 e. The van der Waals surface area contributed by atoms with Gasteiger partial charge in [0.15, 0.2) is 0 Å². The highest BCUT2D eigenvalue weighted by Gasteiger charge is 2.10. The van der Waals surface area contributed by atoms with Crippen LogP contribution in [0.15, 0.2) is 30.6 Å². The van der Waals surface area contributed by atoms with E-state index in [0.717, 1.165) is 37.6 Å². The summed E-state index contributed by atoms with van der Waals surface area (Å²) < 4.78 is 5.14. The summed E-state index contributed by atoms with van der Waals surface area (Å²) in [6.07, 6.45) is 4.73. The Balaban J connectivity index is 0.000000261. The molecule has 0 atom stereocenters. The number of carboxylic acids is 2. The fourth-order valence-corrected chi connectivity index (χ4v) is 1.76. The molecule has 0 aromatic carbocycles. The Hall–Kier alpha value is -2.61. The molecule has 120 valence electrons. The van der Waals surface area contributed by atoms with Crippen LogP contribution in [0, 0.1) is 0 Å². The zero-order valence-electron chi connectivity index (χ0n) is 12.2. The molecule has 1 aromatic heterocycles. The predicted octanol–water partition coefficient (Wildman–Crippen LogP) is 0.212. The van der Waals surface area contributed by atoms with Gasteiger partial charge in [0, 0.05) is 44.4 Å². The number of pyridine rings is 1. The van der Waals surface area contributed by atoms with E-state index < -0.39 is 11.9 Å². The van der Waals surface area contributed by atoms with Gasteiger partial charge in [-0.3, -0.25) is 4.98 Å². The summed E-state index contributed by atoms with van der Waals surface area (Å²) in [5.41, 5.74) is 1.14. The van der Waals surface area contributed by atoms with Gasteiger partial charge in [-0.2, -0.15) is 0 Å². The number of hydrogen-bond acceptors (Lipinski definition) is 6. The predicted molar refractivity (Wildman–Crippen MR) is 80.3 cm³/mol. The first-order chi connectivity index (χ1) is 10.5. The highest BCUT2D eigenvalue weighted by Crippen LogP contribution is 2.19. The number of aromatic nitrogens is 1. The summed E-state index contributed by atoms with van der Waals surface area (Å²) in [4.78, 5) is 25.6. The smallest absolute Gasteiger partial charge is 0.328 e. The number of piperazine rings is 1. The van der Waals surface area contributed by atoms with Crippen LogP contribution in [0.2, 0.25) is 0 Å². The molecule has 2 rings (SSSR count). The van der Waals surface area contributed by atoms with Crippen molar-refractivity contribution in [2.75, 3.05) is 38.2 Å². The van der Waals surface area contributed by atoms with Crippen molar-refractivity contribution in [3.8, 4) is 5.75 Å². The van der Waals surface area contributed by atoms with Crippen LogP contribution in [-0.4, -0.2) is 60.4 Å². The molecular formula is C14H19N3O5. The molecular weight excluding hydrogens is 290 g/mol. The number of nitrogens with zero attached hydrogens (tertiary/aromatic N) is 2. The maximum Gasteiger partial charge on any atom is 0.328 e. The van der Waals surface area contributed by atoms with Gasteiger partial charge in [0.1, 0.15) is 5.75 Å². The molecule has 0 amide bonds. The Morgan fingerprint density at radius 2 is 1.82 bits per heavy atom. The van der Waals surface area contributed by atoms with Crippen LogP contribution >= 0.6 is 0 Å². The summed E-state index contributed by atoms with van der Waals surface area (Å²) >= 11 is 0. The third-order valence-corrected chi connectivity index (χ3v) is 2.79. The minimum absolute atomic E-state index is 0.558. The number of methoxy groups -OCH3 is 1. The van der Waals surface area contributed by atoms with Gasteiger partial charge in [-0.05, 0) is 0 Å². The number of hydrogen-bond donors (Lipinski definition) is 3. The molecule has 0 spiro atoms. The van der Waals surface area contributed by atoms with Crippen LogP contribution in [0.3, 0.4) is 0 Å². The monoisotopic (exact) mass is 309 g/mol. The summed E-state index contributed by atoms with van der Waals surface area (Å²) in [5, 5.41) is 18.9. The quantitative estimate of drug-likeness (QED) is 0.677. The van der Waals surface area contributed by atoms with Crippen molar-refractivity contribution in [3.63, 3.8) is 0 Å². The number of carboxylic acid groups (broad SMARTS) is 2. The lowest BCUT2D eigenvalue weighted by Gasteiger charge is -2.29. The largest absolute Gasteiger partial charge is 0.495 e. The van der Waals surface area contributed by atoms with E-state index in [2.05, 4.69) is 15.2 Å². The van der Waals surface area contributed by atoms with Crippen molar-refractivity contribution in [2.45, 2.75) is 0 Å². The summed E-state index contributed by atoms with van der Waals surface area (Å²) in [5.74, 6) is -1.69. The highest BCUT2D eigenvalue weighted by atomic mass is 16.5. The Kier molecular flexibility index (Phi) is 7.41. The van der Waals surface area contributed by atoms with Gasteiger partial charge < -0.3 is 25.2 Å². The molecule has 2 heterocycles. The van der Waals surface area contributed by atoms with Crippen molar-refractivity contribution in [2.24, 2.45) is 0 Å². The van der Waals surface area contributed by atoms with Gasteiger partial charge >= 0.3 is 11.9 Å². The van der Waals surface area contributed by atoms with Crippen molar-refractivity contribution < 1.29 is 24.5 Å². The Morgan fingerprint density at radius 3 is 2.32 bits per heavy atom. The zero-order chi connectivity index (χ0) is 16.4. The maximum atomic E-state index is 9.55. The van der Waals surface area contributed by atoms with Crippen molar-refractivity contribution >= 4 is 17.6 Å². The van der Waals surface area contributed by atoms with Gasteiger partial charge in [0.2, 0.25) is 0 Å². The van der Waals surface area contributed by atoms with E-state index >= 15 is 0 Å². The molecule has 0 aliphatic carbocycles. The van der Waals surface area contributed by atoms with Crippen LogP contribution in [0.5, 0.6) is 5.75 Å². The number of ether oxygens (including phenoxy) is 1. The number of nitrogens with one attached hydrogen (secondary N) is 1.